The van der Waals surface area contributed by atoms with E-state index in [2.05, 4.69) is 4.98 Å². The van der Waals surface area contributed by atoms with E-state index in [1.807, 2.05) is 4.90 Å². The van der Waals surface area contributed by atoms with Gasteiger partial charge in [0.25, 0.3) is 0 Å². The number of rotatable bonds is 4. The Kier molecular flexibility index (Phi) is 4.35. The first-order valence-corrected chi connectivity index (χ1v) is 10.8. The van der Waals surface area contributed by atoms with Crippen molar-refractivity contribution >= 4 is 42.5 Å². The van der Waals surface area contributed by atoms with E-state index >= 15 is 0 Å². The van der Waals surface area contributed by atoms with E-state index in [4.69, 9.17) is 4.74 Å². The summed E-state index contributed by atoms with van der Waals surface area (Å²) < 4.78 is 42.7. The van der Waals surface area contributed by atoms with Gasteiger partial charge in [0.15, 0.2) is 15.0 Å². The molecule has 3 aromatic rings. The van der Waals surface area contributed by atoms with Gasteiger partial charge in [0.2, 0.25) is 0 Å². The topological polar surface area (TPSA) is 76.6 Å². The fourth-order valence-electron chi connectivity index (χ4n) is 2.76. The molecule has 0 spiro atoms. The van der Waals surface area contributed by atoms with Crippen LogP contribution < -0.4 is 4.90 Å². The molecule has 140 valence electrons. The quantitative estimate of drug-likeness (QED) is 0.620. The van der Waals surface area contributed by atoms with Crippen LogP contribution in [0.15, 0.2) is 47.4 Å². The fraction of sp³-hybridized carbons (Fsp3) is 0.222. The third-order valence-electron chi connectivity index (χ3n) is 4.23. The van der Waals surface area contributed by atoms with Crippen LogP contribution in [0.25, 0.3) is 10.2 Å². The molecule has 27 heavy (non-hydrogen) atoms. The van der Waals surface area contributed by atoms with Gasteiger partial charge in [-0.25, -0.2) is 22.6 Å². The molecular weight excluding hydrogens is 391 g/mol. The minimum Gasteiger partial charge on any atom is -0.455 e. The fourth-order valence-corrected chi connectivity index (χ4v) is 4.44. The van der Waals surface area contributed by atoms with E-state index in [-0.39, 0.29) is 22.4 Å². The predicted molar refractivity (Wildman–Crippen MR) is 101 cm³/mol. The summed E-state index contributed by atoms with van der Waals surface area (Å²) in [5.74, 6) is -0.860. The first-order chi connectivity index (χ1) is 12.8. The maximum Gasteiger partial charge on any atom is 0.338 e. The Bertz CT molecular complexity index is 1140. The van der Waals surface area contributed by atoms with Crippen molar-refractivity contribution in [1.82, 2.24) is 4.98 Å². The van der Waals surface area contributed by atoms with Gasteiger partial charge in [-0.2, -0.15) is 0 Å². The summed E-state index contributed by atoms with van der Waals surface area (Å²) in [7, 11) is -3.39. The molecule has 0 unspecified atom stereocenters. The van der Waals surface area contributed by atoms with Crippen LogP contribution in [-0.4, -0.2) is 44.8 Å². The van der Waals surface area contributed by atoms with Gasteiger partial charge in [-0.3, -0.25) is 0 Å². The third-order valence-corrected chi connectivity index (χ3v) is 6.42. The van der Waals surface area contributed by atoms with E-state index < -0.39 is 15.8 Å². The van der Waals surface area contributed by atoms with Crippen molar-refractivity contribution in [2.24, 2.45) is 0 Å². The Hall–Kier alpha value is -2.52. The number of ether oxygens (including phenoxy) is 1. The van der Waals surface area contributed by atoms with Gasteiger partial charge in [-0.05, 0) is 36.4 Å². The highest BCUT2D eigenvalue weighted by atomic mass is 32.2. The Labute approximate surface area is 159 Å². The zero-order chi connectivity index (χ0) is 19.2. The van der Waals surface area contributed by atoms with Crippen molar-refractivity contribution in [3.63, 3.8) is 0 Å². The molecule has 0 N–H and O–H groups in total. The molecule has 1 aliphatic rings. The number of nitrogens with zero attached hydrogens (tertiary/aromatic N) is 2. The summed E-state index contributed by atoms with van der Waals surface area (Å²) in [5.41, 5.74) is 0.932. The van der Waals surface area contributed by atoms with Gasteiger partial charge in [-0.1, -0.05) is 17.4 Å². The average Bonchev–Trinajstić information content (AvgIpc) is 2.99. The van der Waals surface area contributed by atoms with Crippen LogP contribution in [0.5, 0.6) is 0 Å². The zero-order valence-electron chi connectivity index (χ0n) is 14.3. The Balaban J connectivity index is 1.40. The highest BCUT2D eigenvalue weighted by Crippen LogP contribution is 2.32. The van der Waals surface area contributed by atoms with Crippen LogP contribution >= 0.6 is 11.3 Å². The number of hydrogen-bond acceptors (Lipinski definition) is 7. The van der Waals surface area contributed by atoms with Crippen LogP contribution in [0, 0.1) is 5.82 Å². The number of benzene rings is 2. The minimum absolute atomic E-state index is 0.0777. The number of anilines is 1. The van der Waals surface area contributed by atoms with E-state index in [1.54, 1.807) is 6.07 Å². The minimum atomic E-state index is -3.39. The largest absolute Gasteiger partial charge is 0.455 e. The first kappa shape index (κ1) is 17.9. The van der Waals surface area contributed by atoms with Gasteiger partial charge >= 0.3 is 5.97 Å². The number of aromatic nitrogens is 1. The number of sulfone groups is 1. The molecule has 0 atom stereocenters. The second-order valence-corrected chi connectivity index (χ2v) is 9.37. The first-order valence-electron chi connectivity index (χ1n) is 8.12. The smallest absolute Gasteiger partial charge is 0.338 e. The van der Waals surface area contributed by atoms with Crippen molar-refractivity contribution in [3.05, 3.63) is 53.8 Å². The average molecular weight is 406 g/mol. The van der Waals surface area contributed by atoms with Crippen molar-refractivity contribution in [3.8, 4) is 0 Å². The van der Waals surface area contributed by atoms with Crippen molar-refractivity contribution in [2.45, 2.75) is 11.0 Å². The number of halogens is 1. The summed E-state index contributed by atoms with van der Waals surface area (Å²) >= 11 is 1.38. The second kappa shape index (κ2) is 6.58. The van der Waals surface area contributed by atoms with Gasteiger partial charge in [0, 0.05) is 6.26 Å². The third kappa shape index (κ3) is 3.65. The van der Waals surface area contributed by atoms with Crippen LogP contribution in [0.1, 0.15) is 10.4 Å². The Morgan fingerprint density at radius 2 is 2.04 bits per heavy atom. The van der Waals surface area contributed by atoms with Crippen LogP contribution in [0.3, 0.4) is 0 Å². The molecule has 0 radical (unpaired) electrons. The van der Waals surface area contributed by atoms with E-state index in [0.717, 1.165) is 21.6 Å². The molecular formula is C18H15FN2O4S2. The molecule has 1 aliphatic heterocycles. The van der Waals surface area contributed by atoms with Crippen LogP contribution in [0.4, 0.5) is 9.52 Å². The number of esters is 1. The summed E-state index contributed by atoms with van der Waals surface area (Å²) in [5, 5.41) is 0.752. The van der Waals surface area contributed by atoms with Gasteiger partial charge in [-0.15, -0.1) is 0 Å². The zero-order valence-corrected chi connectivity index (χ0v) is 15.9. The molecule has 1 aromatic heterocycles. The maximum atomic E-state index is 13.3. The standard InChI is InChI=1S/C18H15FN2O4S2/c1-27(23,24)14-4-2-3-11(7-14)17(22)25-13-9-21(10-13)18-20-15-6-5-12(19)8-16(15)26-18/h2-8,13H,9-10H2,1H3. The highest BCUT2D eigenvalue weighted by Gasteiger charge is 2.32. The molecule has 0 amide bonds. The molecule has 2 heterocycles. The summed E-state index contributed by atoms with van der Waals surface area (Å²) in [6.07, 6.45) is 0.786. The lowest BCUT2D eigenvalue weighted by molar-refractivity contribution is 0.0234. The molecule has 1 saturated heterocycles. The molecule has 0 saturated carbocycles. The molecule has 9 heteroatoms. The van der Waals surface area contributed by atoms with Crippen LogP contribution in [-0.2, 0) is 14.6 Å². The normalized spacial score (nSPS) is 15.0. The predicted octanol–water partition coefficient (Wildman–Crippen LogP) is 2.88. The maximum absolute atomic E-state index is 13.3. The molecule has 1 fully saturated rings. The molecule has 2 aromatic carbocycles. The lowest BCUT2D eigenvalue weighted by Gasteiger charge is -2.38. The van der Waals surface area contributed by atoms with Crippen molar-refractivity contribution in [1.29, 1.82) is 0 Å². The summed E-state index contributed by atoms with van der Waals surface area (Å²) in [6, 6.07) is 10.2. The van der Waals surface area contributed by atoms with E-state index in [0.29, 0.717) is 13.1 Å². The molecule has 0 bridgehead atoms. The number of thiazole rings is 1. The highest BCUT2D eigenvalue weighted by molar-refractivity contribution is 7.90. The van der Waals surface area contributed by atoms with Crippen LogP contribution in [0.2, 0.25) is 0 Å². The Morgan fingerprint density at radius 3 is 2.78 bits per heavy atom. The number of fused-ring (bicyclic) bond motifs is 1. The van der Waals surface area contributed by atoms with Gasteiger partial charge in [0.05, 0.1) is 33.8 Å². The monoisotopic (exact) mass is 406 g/mol. The molecule has 6 nitrogen and oxygen atoms in total. The van der Waals surface area contributed by atoms with Crippen molar-refractivity contribution < 1.29 is 22.3 Å². The second-order valence-electron chi connectivity index (χ2n) is 6.34. The molecule has 4 rings (SSSR count). The number of carbonyl (C=O) groups is 1. The number of carbonyl (C=O) groups excluding carboxylic acids is 1. The van der Waals surface area contributed by atoms with Crippen molar-refractivity contribution in [2.75, 3.05) is 24.2 Å². The number of hydrogen-bond donors (Lipinski definition) is 0. The van der Waals surface area contributed by atoms with Gasteiger partial charge < -0.3 is 9.64 Å². The van der Waals surface area contributed by atoms with Gasteiger partial charge in [0.1, 0.15) is 11.9 Å². The van der Waals surface area contributed by atoms with E-state index in [1.165, 1.54) is 47.7 Å². The lowest BCUT2D eigenvalue weighted by atomic mass is 10.2. The Morgan fingerprint density at radius 1 is 1.26 bits per heavy atom. The summed E-state index contributed by atoms with van der Waals surface area (Å²) in [6.45, 7) is 0.972. The van der Waals surface area contributed by atoms with E-state index in [9.17, 15) is 17.6 Å². The summed E-state index contributed by atoms with van der Waals surface area (Å²) in [4.78, 5) is 18.7. The lowest BCUT2D eigenvalue weighted by Crippen LogP contribution is -2.53. The molecule has 0 aliphatic carbocycles. The SMILES string of the molecule is CS(=O)(=O)c1cccc(C(=O)OC2CN(c3nc4ccc(F)cc4s3)C2)c1.